The van der Waals surface area contributed by atoms with Crippen molar-refractivity contribution < 1.29 is 14.3 Å². The molecule has 1 aromatic heterocycles. The molecule has 29 heavy (non-hydrogen) atoms. The van der Waals surface area contributed by atoms with E-state index in [0.717, 1.165) is 12.2 Å². The van der Waals surface area contributed by atoms with E-state index in [0.29, 0.717) is 16.3 Å². The Balaban J connectivity index is 1.55. The number of nitrogens with one attached hydrogen (secondary N) is 2. The normalized spacial score (nSPS) is 11.5. The van der Waals surface area contributed by atoms with Crippen LogP contribution in [-0.2, 0) is 6.61 Å². The number of hydrogen-bond acceptors (Lipinski definition) is 6. The number of hydrogen-bond donors (Lipinski definition) is 2. The summed E-state index contributed by atoms with van der Waals surface area (Å²) in [6, 6.07) is 16.2. The Bertz CT molecular complexity index is 958. The molecule has 1 heterocycles. The van der Waals surface area contributed by atoms with Gasteiger partial charge in [0.1, 0.15) is 12.4 Å². The molecule has 0 aliphatic carbocycles. The third-order valence-electron chi connectivity index (χ3n) is 4.16. The van der Waals surface area contributed by atoms with Gasteiger partial charge < -0.3 is 15.4 Å². The summed E-state index contributed by atoms with van der Waals surface area (Å²) in [6.07, 6.45) is 0.861. The summed E-state index contributed by atoms with van der Waals surface area (Å²) in [6.45, 7) is 4.21. The fourth-order valence-corrected chi connectivity index (χ4v) is 3.01. The van der Waals surface area contributed by atoms with Gasteiger partial charge in [-0.2, -0.15) is 0 Å². The second kappa shape index (κ2) is 9.79. The Labute approximate surface area is 173 Å². The van der Waals surface area contributed by atoms with Crippen molar-refractivity contribution in [1.82, 2.24) is 15.5 Å². The molecule has 0 fully saturated rings. The summed E-state index contributed by atoms with van der Waals surface area (Å²) in [4.78, 5) is 24.5. The van der Waals surface area contributed by atoms with Crippen molar-refractivity contribution in [2.24, 2.45) is 0 Å². The number of anilines is 1. The molecule has 7 nitrogen and oxygen atoms in total. The highest BCUT2D eigenvalue weighted by Gasteiger charge is 2.14. The minimum absolute atomic E-state index is 0.111. The molecule has 3 aromatic rings. The van der Waals surface area contributed by atoms with Crippen molar-refractivity contribution >= 4 is 28.8 Å². The molecular weight excluding hydrogens is 388 g/mol. The maximum absolute atomic E-state index is 12.4. The highest BCUT2D eigenvalue weighted by Crippen LogP contribution is 2.17. The number of aromatic nitrogens is 2. The van der Waals surface area contributed by atoms with Crippen molar-refractivity contribution in [3.63, 3.8) is 0 Å². The number of rotatable bonds is 8. The van der Waals surface area contributed by atoms with Gasteiger partial charge in [0.2, 0.25) is 5.01 Å². The molecule has 2 aromatic carbocycles. The average molecular weight is 410 g/mol. The van der Waals surface area contributed by atoms with Gasteiger partial charge in [0.25, 0.3) is 11.8 Å². The van der Waals surface area contributed by atoms with Gasteiger partial charge in [-0.3, -0.25) is 9.59 Å². The Morgan fingerprint density at radius 2 is 1.76 bits per heavy atom. The van der Waals surface area contributed by atoms with E-state index in [-0.39, 0.29) is 29.5 Å². The summed E-state index contributed by atoms with van der Waals surface area (Å²) in [5, 5.41) is 14.4. The van der Waals surface area contributed by atoms with Crippen LogP contribution < -0.4 is 15.4 Å². The lowest BCUT2D eigenvalue weighted by atomic mass is 10.1. The van der Waals surface area contributed by atoms with Crippen LogP contribution in [-0.4, -0.2) is 28.1 Å². The second-order valence-corrected chi connectivity index (χ2v) is 7.48. The van der Waals surface area contributed by atoms with Gasteiger partial charge in [-0.1, -0.05) is 36.5 Å². The number of amides is 2. The maximum atomic E-state index is 12.4. The minimum atomic E-state index is -0.356. The van der Waals surface area contributed by atoms with E-state index < -0.39 is 0 Å². The lowest BCUT2D eigenvalue weighted by Crippen LogP contribution is -2.31. The first-order valence-electron chi connectivity index (χ1n) is 9.27. The van der Waals surface area contributed by atoms with E-state index in [4.69, 9.17) is 4.74 Å². The predicted molar refractivity (Wildman–Crippen MR) is 112 cm³/mol. The minimum Gasteiger partial charge on any atom is -0.486 e. The molecule has 150 valence electrons. The SMILES string of the molecule is CC[C@H](C)NC(=O)c1ccc(NC(=O)c2nnc(COc3ccccc3)s2)cc1. The predicted octanol–water partition coefficient (Wildman–Crippen LogP) is 3.90. The van der Waals surface area contributed by atoms with Crippen LogP contribution in [0.1, 0.15) is 45.4 Å². The van der Waals surface area contributed by atoms with Crippen LogP contribution in [0.2, 0.25) is 0 Å². The maximum Gasteiger partial charge on any atom is 0.286 e. The molecule has 0 radical (unpaired) electrons. The first-order valence-corrected chi connectivity index (χ1v) is 10.1. The van der Waals surface area contributed by atoms with Gasteiger partial charge in [-0.05, 0) is 49.7 Å². The van der Waals surface area contributed by atoms with Crippen LogP contribution >= 0.6 is 11.3 Å². The first-order chi connectivity index (χ1) is 14.0. The molecule has 0 saturated heterocycles. The smallest absolute Gasteiger partial charge is 0.286 e. The molecule has 0 aliphatic heterocycles. The van der Waals surface area contributed by atoms with E-state index >= 15 is 0 Å². The van der Waals surface area contributed by atoms with Gasteiger partial charge in [-0.25, -0.2) is 0 Å². The van der Waals surface area contributed by atoms with Crippen molar-refractivity contribution in [2.75, 3.05) is 5.32 Å². The lowest BCUT2D eigenvalue weighted by molar-refractivity contribution is 0.0938. The third-order valence-corrected chi connectivity index (χ3v) is 5.06. The zero-order valence-electron chi connectivity index (χ0n) is 16.2. The van der Waals surface area contributed by atoms with Crippen LogP contribution in [0.4, 0.5) is 5.69 Å². The van der Waals surface area contributed by atoms with Crippen molar-refractivity contribution in [3.05, 3.63) is 70.2 Å². The molecular formula is C21H22N4O3S. The molecule has 0 aliphatic rings. The van der Waals surface area contributed by atoms with E-state index in [1.54, 1.807) is 24.3 Å². The molecule has 2 amide bonds. The van der Waals surface area contributed by atoms with E-state index in [9.17, 15) is 9.59 Å². The summed E-state index contributed by atoms with van der Waals surface area (Å²) in [5.74, 6) is 0.237. The lowest BCUT2D eigenvalue weighted by Gasteiger charge is -2.11. The van der Waals surface area contributed by atoms with Gasteiger partial charge in [-0.15, -0.1) is 10.2 Å². The van der Waals surface area contributed by atoms with Gasteiger partial charge >= 0.3 is 0 Å². The second-order valence-electron chi connectivity index (χ2n) is 6.42. The van der Waals surface area contributed by atoms with Crippen molar-refractivity contribution in [3.8, 4) is 5.75 Å². The molecule has 0 saturated carbocycles. The number of carbonyl (C=O) groups is 2. The van der Waals surface area contributed by atoms with Crippen LogP contribution in [0.25, 0.3) is 0 Å². The topological polar surface area (TPSA) is 93.2 Å². The Kier molecular flexibility index (Phi) is 6.91. The standard InChI is InChI=1S/C21H22N4O3S/c1-3-14(2)22-19(26)15-9-11-16(12-10-15)23-20(27)21-25-24-18(29-21)13-28-17-7-5-4-6-8-17/h4-12,14H,3,13H2,1-2H3,(H,22,26)(H,23,27)/t14-/m0/s1. The average Bonchev–Trinajstić information content (AvgIpc) is 3.22. The number of benzene rings is 2. The highest BCUT2D eigenvalue weighted by molar-refractivity contribution is 7.13. The van der Waals surface area contributed by atoms with Gasteiger partial charge in [0.05, 0.1) is 0 Å². The van der Waals surface area contributed by atoms with Gasteiger partial charge in [0.15, 0.2) is 5.01 Å². The zero-order valence-corrected chi connectivity index (χ0v) is 17.0. The zero-order chi connectivity index (χ0) is 20.6. The molecule has 0 spiro atoms. The molecule has 1 atom stereocenters. The first kappa shape index (κ1) is 20.5. The summed E-state index contributed by atoms with van der Waals surface area (Å²) < 4.78 is 5.61. The Hall–Kier alpha value is -3.26. The fraction of sp³-hybridized carbons (Fsp3) is 0.238. The van der Waals surface area contributed by atoms with Crippen LogP contribution in [0.15, 0.2) is 54.6 Å². The van der Waals surface area contributed by atoms with Crippen LogP contribution in [0.3, 0.4) is 0 Å². The van der Waals surface area contributed by atoms with Crippen molar-refractivity contribution in [2.45, 2.75) is 32.9 Å². The summed E-state index contributed by atoms with van der Waals surface area (Å²) in [5.41, 5.74) is 1.12. The number of carbonyl (C=O) groups excluding carboxylic acids is 2. The van der Waals surface area contributed by atoms with E-state index in [2.05, 4.69) is 20.8 Å². The van der Waals surface area contributed by atoms with Gasteiger partial charge in [0, 0.05) is 17.3 Å². The molecule has 0 bridgehead atoms. The molecule has 0 unspecified atom stereocenters. The quantitative estimate of drug-likeness (QED) is 0.587. The molecule has 2 N–H and O–H groups in total. The monoisotopic (exact) mass is 410 g/mol. The Morgan fingerprint density at radius 3 is 2.45 bits per heavy atom. The third kappa shape index (κ3) is 5.86. The fourth-order valence-electron chi connectivity index (χ4n) is 2.36. The van der Waals surface area contributed by atoms with Crippen molar-refractivity contribution in [1.29, 1.82) is 0 Å². The molecule has 8 heteroatoms. The summed E-state index contributed by atoms with van der Waals surface area (Å²) in [7, 11) is 0. The van der Waals surface area contributed by atoms with Crippen LogP contribution in [0.5, 0.6) is 5.75 Å². The number of nitrogens with zero attached hydrogens (tertiary/aromatic N) is 2. The van der Waals surface area contributed by atoms with Crippen LogP contribution in [0, 0.1) is 0 Å². The largest absolute Gasteiger partial charge is 0.486 e. The summed E-state index contributed by atoms with van der Waals surface area (Å²) >= 11 is 1.17. The van der Waals surface area contributed by atoms with E-state index in [1.807, 2.05) is 44.2 Å². The van der Waals surface area contributed by atoms with E-state index in [1.165, 1.54) is 11.3 Å². The number of ether oxygens (including phenoxy) is 1. The highest BCUT2D eigenvalue weighted by atomic mass is 32.1. The molecule has 3 rings (SSSR count). The number of para-hydroxylation sites is 1. The Morgan fingerprint density at radius 1 is 1.03 bits per heavy atom.